The summed E-state index contributed by atoms with van der Waals surface area (Å²) in [4.78, 5) is 8.71. The van der Waals surface area contributed by atoms with Gasteiger partial charge >= 0.3 is 0 Å². The Bertz CT molecular complexity index is 1030. The van der Waals surface area contributed by atoms with Crippen LogP contribution in [-0.4, -0.2) is 36.7 Å². The molecule has 0 unspecified atom stereocenters. The second-order valence-electron chi connectivity index (χ2n) is 5.66. The number of ether oxygens (including phenoxy) is 1. The van der Waals surface area contributed by atoms with E-state index in [9.17, 15) is 8.42 Å². The van der Waals surface area contributed by atoms with Crippen LogP contribution < -0.4 is 9.04 Å². The molecule has 1 aliphatic heterocycles. The first-order valence-corrected chi connectivity index (χ1v) is 9.57. The van der Waals surface area contributed by atoms with Gasteiger partial charge in [-0.3, -0.25) is 4.31 Å². The molecule has 0 amide bonds. The van der Waals surface area contributed by atoms with Gasteiger partial charge in [-0.2, -0.15) is 4.98 Å². The molecule has 0 aliphatic carbocycles. The van der Waals surface area contributed by atoms with Gasteiger partial charge in [-0.1, -0.05) is 30.3 Å². The molecule has 0 N–H and O–H groups in total. The van der Waals surface area contributed by atoms with E-state index in [1.807, 2.05) is 6.92 Å². The minimum absolute atomic E-state index is 0.194. The van der Waals surface area contributed by atoms with Crippen molar-refractivity contribution in [3.05, 3.63) is 48.4 Å². The lowest BCUT2D eigenvalue weighted by atomic mass is 10.2. The molecular formula is C17H16N4O4S. The summed E-state index contributed by atoms with van der Waals surface area (Å²) in [6.45, 7) is 2.34. The summed E-state index contributed by atoms with van der Waals surface area (Å²) >= 11 is 0. The highest BCUT2D eigenvalue weighted by atomic mass is 32.2. The number of aromatic nitrogens is 3. The molecule has 4 rings (SSSR count). The van der Waals surface area contributed by atoms with Crippen molar-refractivity contribution in [2.24, 2.45) is 0 Å². The zero-order chi connectivity index (χ0) is 18.1. The summed E-state index contributed by atoms with van der Waals surface area (Å²) < 4.78 is 38.1. The smallest absolute Gasteiger partial charge is 0.264 e. The fourth-order valence-electron chi connectivity index (χ4n) is 2.68. The predicted octanol–water partition coefficient (Wildman–Crippen LogP) is 2.28. The fraction of sp³-hybridized carbons (Fsp3) is 0.235. The van der Waals surface area contributed by atoms with Gasteiger partial charge < -0.3 is 9.26 Å². The molecule has 0 saturated carbocycles. The van der Waals surface area contributed by atoms with E-state index in [1.165, 1.54) is 10.5 Å². The highest BCUT2D eigenvalue weighted by Crippen LogP contribution is 2.36. The van der Waals surface area contributed by atoms with E-state index >= 15 is 0 Å². The van der Waals surface area contributed by atoms with E-state index in [0.717, 1.165) is 0 Å². The number of anilines is 1. The van der Waals surface area contributed by atoms with E-state index < -0.39 is 10.0 Å². The standard InChI is InChI=1S/C17H16N4O4S/c1-2-15-19-16(25-20-15)12-10-14-17(18-11-12)24-9-8-21(14)26(22,23)13-6-4-3-5-7-13/h3-7,10-11H,2,8-9H2,1H3. The lowest BCUT2D eigenvalue weighted by molar-refractivity contribution is 0.303. The molecule has 134 valence electrons. The number of hydrogen-bond acceptors (Lipinski definition) is 7. The van der Waals surface area contributed by atoms with Crippen LogP contribution in [0.5, 0.6) is 5.88 Å². The van der Waals surface area contributed by atoms with Crippen molar-refractivity contribution in [2.45, 2.75) is 18.2 Å². The molecule has 0 radical (unpaired) electrons. The first-order chi connectivity index (χ1) is 12.6. The maximum atomic E-state index is 13.0. The van der Waals surface area contributed by atoms with E-state index in [4.69, 9.17) is 9.26 Å². The number of rotatable bonds is 4. The largest absolute Gasteiger partial charge is 0.474 e. The van der Waals surface area contributed by atoms with Gasteiger partial charge in [0.05, 0.1) is 17.0 Å². The maximum absolute atomic E-state index is 13.0. The Kier molecular flexibility index (Phi) is 4.08. The van der Waals surface area contributed by atoms with Crippen LogP contribution in [0, 0.1) is 0 Å². The Morgan fingerprint density at radius 1 is 1.23 bits per heavy atom. The van der Waals surface area contributed by atoms with Crippen LogP contribution in [0.25, 0.3) is 11.5 Å². The minimum atomic E-state index is -3.73. The lowest BCUT2D eigenvalue weighted by Gasteiger charge is -2.29. The van der Waals surface area contributed by atoms with Crippen molar-refractivity contribution < 1.29 is 17.7 Å². The van der Waals surface area contributed by atoms with Crippen molar-refractivity contribution >= 4 is 15.7 Å². The van der Waals surface area contributed by atoms with E-state index in [0.29, 0.717) is 29.4 Å². The first kappa shape index (κ1) is 16.5. The summed E-state index contributed by atoms with van der Waals surface area (Å²) in [6, 6.07) is 9.92. The summed E-state index contributed by atoms with van der Waals surface area (Å²) in [7, 11) is -3.73. The van der Waals surface area contributed by atoms with Gasteiger partial charge in [0.1, 0.15) is 12.3 Å². The minimum Gasteiger partial charge on any atom is -0.474 e. The topological polar surface area (TPSA) is 98.4 Å². The number of nitrogens with zero attached hydrogens (tertiary/aromatic N) is 4. The summed E-state index contributed by atoms with van der Waals surface area (Å²) in [5, 5.41) is 3.86. The quantitative estimate of drug-likeness (QED) is 0.693. The Morgan fingerprint density at radius 2 is 2.04 bits per heavy atom. The van der Waals surface area contributed by atoms with Crippen LogP contribution in [0.15, 0.2) is 52.0 Å². The molecule has 0 atom stereocenters. The average molecular weight is 372 g/mol. The number of aryl methyl sites for hydroxylation is 1. The molecule has 1 aromatic carbocycles. The number of benzene rings is 1. The molecule has 3 heterocycles. The van der Waals surface area contributed by atoms with Crippen LogP contribution in [0.3, 0.4) is 0 Å². The van der Waals surface area contributed by atoms with Crippen molar-refractivity contribution in [3.8, 4) is 17.3 Å². The maximum Gasteiger partial charge on any atom is 0.264 e. The van der Waals surface area contributed by atoms with Crippen LogP contribution in [0.2, 0.25) is 0 Å². The fourth-order valence-corrected chi connectivity index (χ4v) is 4.14. The molecule has 0 bridgehead atoms. The Hall–Kier alpha value is -2.94. The van der Waals surface area contributed by atoms with Crippen LogP contribution in [-0.2, 0) is 16.4 Å². The second-order valence-corrected chi connectivity index (χ2v) is 7.52. The molecule has 9 heteroatoms. The van der Waals surface area contributed by atoms with Gasteiger partial charge in [0, 0.05) is 12.6 Å². The van der Waals surface area contributed by atoms with E-state index in [-0.39, 0.29) is 23.9 Å². The van der Waals surface area contributed by atoms with Crippen molar-refractivity contribution in [1.29, 1.82) is 0 Å². The van der Waals surface area contributed by atoms with Gasteiger partial charge in [-0.25, -0.2) is 13.4 Å². The number of sulfonamides is 1. The van der Waals surface area contributed by atoms with E-state index in [1.54, 1.807) is 36.4 Å². The Balaban J connectivity index is 1.79. The molecular weight excluding hydrogens is 356 g/mol. The molecule has 2 aromatic heterocycles. The van der Waals surface area contributed by atoms with Gasteiger partial charge in [-0.05, 0) is 18.2 Å². The SMILES string of the molecule is CCc1noc(-c2cnc3c(c2)N(S(=O)(=O)c2ccccc2)CCO3)n1. The van der Waals surface area contributed by atoms with Crippen molar-refractivity contribution in [1.82, 2.24) is 15.1 Å². The first-order valence-electron chi connectivity index (χ1n) is 8.13. The van der Waals surface area contributed by atoms with Crippen LogP contribution >= 0.6 is 0 Å². The molecule has 0 fully saturated rings. The summed E-state index contributed by atoms with van der Waals surface area (Å²) in [5.74, 6) is 1.12. The number of fused-ring (bicyclic) bond motifs is 1. The molecule has 3 aromatic rings. The second kappa shape index (κ2) is 6.41. The Labute approximate surface area is 150 Å². The van der Waals surface area contributed by atoms with Crippen LogP contribution in [0.4, 0.5) is 5.69 Å². The number of hydrogen-bond donors (Lipinski definition) is 0. The Morgan fingerprint density at radius 3 is 2.77 bits per heavy atom. The van der Waals surface area contributed by atoms with Crippen molar-refractivity contribution in [2.75, 3.05) is 17.5 Å². The van der Waals surface area contributed by atoms with Gasteiger partial charge in [-0.15, -0.1) is 0 Å². The van der Waals surface area contributed by atoms with Crippen molar-refractivity contribution in [3.63, 3.8) is 0 Å². The molecule has 0 saturated heterocycles. The third-order valence-corrected chi connectivity index (χ3v) is 5.82. The van der Waals surface area contributed by atoms with Gasteiger partial charge in [0.25, 0.3) is 15.9 Å². The number of pyridine rings is 1. The van der Waals surface area contributed by atoms with E-state index in [2.05, 4.69) is 15.1 Å². The molecule has 8 nitrogen and oxygen atoms in total. The molecule has 1 aliphatic rings. The third-order valence-electron chi connectivity index (χ3n) is 4.00. The van der Waals surface area contributed by atoms with Crippen LogP contribution in [0.1, 0.15) is 12.7 Å². The summed E-state index contributed by atoms with van der Waals surface area (Å²) in [6.07, 6.45) is 2.17. The van der Waals surface area contributed by atoms with Gasteiger partial charge in [0.2, 0.25) is 5.88 Å². The zero-order valence-electron chi connectivity index (χ0n) is 14.0. The summed E-state index contributed by atoms with van der Waals surface area (Å²) in [5.41, 5.74) is 0.892. The highest BCUT2D eigenvalue weighted by Gasteiger charge is 2.31. The average Bonchev–Trinajstić information content (AvgIpc) is 3.17. The molecule has 26 heavy (non-hydrogen) atoms. The third kappa shape index (κ3) is 2.80. The zero-order valence-corrected chi connectivity index (χ0v) is 14.8. The predicted molar refractivity (Wildman–Crippen MR) is 93.4 cm³/mol. The monoisotopic (exact) mass is 372 g/mol. The van der Waals surface area contributed by atoms with Gasteiger partial charge in [0.15, 0.2) is 5.82 Å². The highest BCUT2D eigenvalue weighted by molar-refractivity contribution is 7.92. The molecule has 0 spiro atoms. The lowest BCUT2D eigenvalue weighted by Crippen LogP contribution is -2.38. The normalized spacial score (nSPS) is 14.0.